The van der Waals surface area contributed by atoms with Crippen LogP contribution in [-0.2, 0) is 6.54 Å². The zero-order valence-corrected chi connectivity index (χ0v) is 9.07. The van der Waals surface area contributed by atoms with E-state index in [-0.39, 0.29) is 5.82 Å². The topological polar surface area (TPSA) is 53.7 Å². The van der Waals surface area contributed by atoms with Crippen LogP contribution in [0.5, 0.6) is 0 Å². The molecule has 0 saturated carbocycles. The second-order valence-electron chi connectivity index (χ2n) is 3.93. The fraction of sp³-hybridized carbons (Fsp3) is 0.167. The molecule has 0 aliphatic carbocycles. The van der Waals surface area contributed by atoms with Crippen LogP contribution in [0, 0.1) is 11.2 Å². The summed E-state index contributed by atoms with van der Waals surface area (Å²) in [5, 5.41) is 11.2. The number of aromatic nitrogens is 2. The van der Waals surface area contributed by atoms with E-state index in [0.717, 1.165) is 30.2 Å². The van der Waals surface area contributed by atoms with Gasteiger partial charge in [0.25, 0.3) is 0 Å². The predicted molar refractivity (Wildman–Crippen MR) is 62.0 cm³/mol. The summed E-state index contributed by atoms with van der Waals surface area (Å²) in [5.41, 5.74) is 1.94. The molecule has 0 amide bonds. The molecule has 1 aromatic carbocycles. The monoisotopic (exact) mass is 230 g/mol. The molecular formula is C12H11FN4. The van der Waals surface area contributed by atoms with E-state index in [1.807, 2.05) is 4.57 Å². The number of hydrogen-bond donors (Lipinski definition) is 2. The summed E-state index contributed by atoms with van der Waals surface area (Å²) in [7, 11) is 0. The highest BCUT2D eigenvalue weighted by molar-refractivity contribution is 5.61. The van der Waals surface area contributed by atoms with Crippen LogP contribution in [0.3, 0.4) is 0 Å². The predicted octanol–water partition coefficient (Wildman–Crippen LogP) is 1.59. The van der Waals surface area contributed by atoms with E-state index >= 15 is 0 Å². The molecule has 2 heterocycles. The quantitative estimate of drug-likeness (QED) is 0.781. The normalized spacial score (nSPS) is 13.2. The van der Waals surface area contributed by atoms with Crippen molar-refractivity contribution in [2.75, 3.05) is 11.9 Å². The summed E-state index contributed by atoms with van der Waals surface area (Å²) < 4.78 is 14.7. The number of anilines is 1. The SMILES string of the molecule is N=c1c(-c2ccc(F)cc2)cnc2n1CCN2. The van der Waals surface area contributed by atoms with E-state index in [1.54, 1.807) is 18.3 Å². The summed E-state index contributed by atoms with van der Waals surface area (Å²) in [6.07, 6.45) is 1.65. The lowest BCUT2D eigenvalue weighted by atomic mass is 10.1. The Morgan fingerprint density at radius 1 is 1.29 bits per heavy atom. The number of nitrogens with zero attached hydrogens (tertiary/aromatic N) is 2. The van der Waals surface area contributed by atoms with Gasteiger partial charge in [0, 0.05) is 24.8 Å². The molecule has 1 aliphatic rings. The molecule has 1 aliphatic heterocycles. The van der Waals surface area contributed by atoms with Crippen molar-refractivity contribution in [1.29, 1.82) is 5.41 Å². The maximum Gasteiger partial charge on any atom is 0.204 e. The average molecular weight is 230 g/mol. The highest BCUT2D eigenvalue weighted by atomic mass is 19.1. The van der Waals surface area contributed by atoms with Gasteiger partial charge in [-0.25, -0.2) is 9.37 Å². The van der Waals surface area contributed by atoms with Gasteiger partial charge in [-0.2, -0.15) is 0 Å². The first-order valence-corrected chi connectivity index (χ1v) is 5.40. The van der Waals surface area contributed by atoms with Gasteiger partial charge in [-0.3, -0.25) is 9.98 Å². The average Bonchev–Trinajstić information content (AvgIpc) is 2.80. The molecule has 0 fully saturated rings. The molecule has 2 aromatic rings. The Labute approximate surface area is 97.3 Å². The largest absolute Gasteiger partial charge is 0.354 e. The van der Waals surface area contributed by atoms with E-state index < -0.39 is 0 Å². The third-order valence-electron chi connectivity index (χ3n) is 2.87. The number of benzene rings is 1. The van der Waals surface area contributed by atoms with E-state index in [2.05, 4.69) is 10.3 Å². The summed E-state index contributed by atoms with van der Waals surface area (Å²) in [6, 6.07) is 6.12. The molecule has 0 bridgehead atoms. The fourth-order valence-electron chi connectivity index (χ4n) is 1.99. The molecule has 0 radical (unpaired) electrons. The lowest BCUT2D eigenvalue weighted by Crippen LogP contribution is -2.20. The van der Waals surface area contributed by atoms with Crippen LogP contribution < -0.4 is 10.8 Å². The van der Waals surface area contributed by atoms with Crippen LogP contribution in [-0.4, -0.2) is 16.1 Å². The van der Waals surface area contributed by atoms with Crippen molar-refractivity contribution in [2.24, 2.45) is 0 Å². The van der Waals surface area contributed by atoms with E-state index in [4.69, 9.17) is 5.41 Å². The lowest BCUT2D eigenvalue weighted by molar-refractivity contribution is 0.628. The molecule has 0 spiro atoms. The minimum absolute atomic E-state index is 0.274. The number of halogens is 1. The highest BCUT2D eigenvalue weighted by Gasteiger charge is 2.13. The second kappa shape index (κ2) is 3.69. The first-order chi connectivity index (χ1) is 8.25. The van der Waals surface area contributed by atoms with Crippen molar-refractivity contribution in [1.82, 2.24) is 9.55 Å². The van der Waals surface area contributed by atoms with Gasteiger partial charge >= 0.3 is 0 Å². The van der Waals surface area contributed by atoms with Crippen molar-refractivity contribution in [3.63, 3.8) is 0 Å². The lowest BCUT2D eigenvalue weighted by Gasteiger charge is -2.07. The molecule has 17 heavy (non-hydrogen) atoms. The summed E-state index contributed by atoms with van der Waals surface area (Å²) in [6.45, 7) is 1.54. The van der Waals surface area contributed by atoms with Crippen molar-refractivity contribution < 1.29 is 4.39 Å². The molecule has 0 saturated heterocycles. The first-order valence-electron chi connectivity index (χ1n) is 5.40. The van der Waals surface area contributed by atoms with Gasteiger partial charge < -0.3 is 5.32 Å². The molecule has 0 unspecified atom stereocenters. The highest BCUT2D eigenvalue weighted by Crippen LogP contribution is 2.17. The third kappa shape index (κ3) is 1.60. The Morgan fingerprint density at radius 3 is 2.82 bits per heavy atom. The Balaban J connectivity index is 2.16. The summed E-state index contributed by atoms with van der Waals surface area (Å²) >= 11 is 0. The second-order valence-corrected chi connectivity index (χ2v) is 3.93. The number of nitrogens with one attached hydrogen (secondary N) is 2. The molecule has 4 nitrogen and oxygen atoms in total. The summed E-state index contributed by atoms with van der Waals surface area (Å²) in [4.78, 5) is 4.26. The molecule has 86 valence electrons. The van der Waals surface area contributed by atoms with Gasteiger partial charge in [-0.15, -0.1) is 0 Å². The van der Waals surface area contributed by atoms with Crippen molar-refractivity contribution in [3.05, 3.63) is 41.8 Å². The third-order valence-corrected chi connectivity index (χ3v) is 2.87. The smallest absolute Gasteiger partial charge is 0.204 e. The fourth-order valence-corrected chi connectivity index (χ4v) is 1.99. The van der Waals surface area contributed by atoms with Crippen LogP contribution in [0.15, 0.2) is 30.5 Å². The molecule has 5 heteroatoms. The van der Waals surface area contributed by atoms with Gasteiger partial charge in [0.05, 0.1) is 0 Å². The Kier molecular flexibility index (Phi) is 2.18. The van der Waals surface area contributed by atoms with Crippen molar-refractivity contribution in [3.8, 4) is 11.1 Å². The molecule has 0 atom stereocenters. The maximum absolute atomic E-state index is 12.8. The zero-order valence-electron chi connectivity index (χ0n) is 9.07. The summed E-state index contributed by atoms with van der Waals surface area (Å²) in [5.74, 6) is 0.449. The molecule has 1 aromatic heterocycles. The minimum atomic E-state index is -0.274. The Morgan fingerprint density at radius 2 is 2.06 bits per heavy atom. The van der Waals surface area contributed by atoms with Crippen LogP contribution in [0.1, 0.15) is 0 Å². The van der Waals surface area contributed by atoms with Gasteiger partial charge in [-0.05, 0) is 17.7 Å². The van der Waals surface area contributed by atoms with E-state index in [9.17, 15) is 4.39 Å². The van der Waals surface area contributed by atoms with Gasteiger partial charge in [0.1, 0.15) is 11.3 Å². The van der Waals surface area contributed by atoms with Crippen molar-refractivity contribution >= 4 is 5.95 Å². The molecular weight excluding hydrogens is 219 g/mol. The minimum Gasteiger partial charge on any atom is -0.354 e. The molecule has 3 rings (SSSR count). The van der Waals surface area contributed by atoms with E-state index in [0.29, 0.717) is 5.49 Å². The number of rotatable bonds is 1. The molecule has 2 N–H and O–H groups in total. The van der Waals surface area contributed by atoms with Crippen LogP contribution >= 0.6 is 0 Å². The maximum atomic E-state index is 12.8. The van der Waals surface area contributed by atoms with E-state index in [1.165, 1.54) is 12.1 Å². The standard InChI is InChI=1S/C12H11FN4/c13-9-3-1-8(2-4-9)10-7-16-12-15-5-6-17(12)11(10)14/h1-4,7,14H,5-6H2,(H,15,16). The van der Waals surface area contributed by atoms with Crippen LogP contribution in [0.2, 0.25) is 0 Å². The van der Waals surface area contributed by atoms with Crippen LogP contribution in [0.25, 0.3) is 11.1 Å². The Bertz CT molecular complexity index is 615. The number of hydrogen-bond acceptors (Lipinski definition) is 3. The first kappa shape index (κ1) is 10.0. The number of fused-ring (bicyclic) bond motifs is 1. The van der Waals surface area contributed by atoms with Gasteiger partial charge in [-0.1, -0.05) is 12.1 Å². The van der Waals surface area contributed by atoms with Crippen LogP contribution in [0.4, 0.5) is 10.3 Å². The van der Waals surface area contributed by atoms with Gasteiger partial charge in [0.2, 0.25) is 5.95 Å². The Hall–Kier alpha value is -2.17. The zero-order chi connectivity index (χ0) is 11.8. The van der Waals surface area contributed by atoms with Crippen molar-refractivity contribution in [2.45, 2.75) is 6.54 Å². The van der Waals surface area contributed by atoms with Gasteiger partial charge in [0.15, 0.2) is 0 Å².